The normalized spacial score (nSPS) is 11.1. The summed E-state index contributed by atoms with van der Waals surface area (Å²) in [7, 11) is 1.55. The predicted molar refractivity (Wildman–Crippen MR) is 69.2 cm³/mol. The molecule has 1 aromatic rings. The van der Waals surface area contributed by atoms with Crippen LogP contribution in [0.5, 0.6) is 5.75 Å². The number of benzene rings is 1. The molecule has 0 fully saturated rings. The lowest BCUT2D eigenvalue weighted by molar-refractivity contribution is 0.0939. The highest BCUT2D eigenvalue weighted by molar-refractivity contribution is 5.95. The quantitative estimate of drug-likeness (QED) is 0.789. The van der Waals surface area contributed by atoms with Gasteiger partial charge in [0.2, 0.25) is 0 Å². The number of methoxy groups -OCH3 is 1. The highest BCUT2D eigenvalue weighted by Gasteiger charge is 2.13. The molecular formula is C13H20N2O2. The summed E-state index contributed by atoms with van der Waals surface area (Å²) in [4.78, 5) is 11.8. The van der Waals surface area contributed by atoms with Gasteiger partial charge in [-0.2, -0.15) is 0 Å². The molecule has 1 amide bonds. The molecule has 17 heavy (non-hydrogen) atoms. The molecule has 0 saturated heterocycles. The highest BCUT2D eigenvalue weighted by atomic mass is 16.5. The molecule has 0 unspecified atom stereocenters. The van der Waals surface area contributed by atoms with Crippen molar-refractivity contribution in [2.24, 2.45) is 5.41 Å². The molecule has 94 valence electrons. The van der Waals surface area contributed by atoms with E-state index in [9.17, 15) is 4.79 Å². The topological polar surface area (TPSA) is 64.3 Å². The first-order chi connectivity index (χ1) is 7.83. The Balaban J connectivity index is 2.73. The molecule has 0 saturated carbocycles. The van der Waals surface area contributed by atoms with Crippen LogP contribution in [0.1, 0.15) is 31.1 Å². The van der Waals surface area contributed by atoms with Crippen LogP contribution in [-0.2, 0) is 0 Å². The van der Waals surface area contributed by atoms with Gasteiger partial charge in [0.15, 0.2) is 0 Å². The maximum absolute atomic E-state index is 11.8. The minimum absolute atomic E-state index is 0.0632. The Bertz CT molecular complexity index is 408. The number of nitrogen functional groups attached to an aromatic ring is 1. The van der Waals surface area contributed by atoms with Crippen molar-refractivity contribution in [3.63, 3.8) is 0 Å². The molecule has 0 heterocycles. The van der Waals surface area contributed by atoms with E-state index >= 15 is 0 Å². The van der Waals surface area contributed by atoms with Gasteiger partial charge < -0.3 is 15.8 Å². The first kappa shape index (κ1) is 13.4. The van der Waals surface area contributed by atoms with Gasteiger partial charge in [-0.3, -0.25) is 4.79 Å². The Morgan fingerprint density at radius 2 is 2.06 bits per heavy atom. The first-order valence-electron chi connectivity index (χ1n) is 5.55. The van der Waals surface area contributed by atoms with Gasteiger partial charge in [0.1, 0.15) is 5.75 Å². The van der Waals surface area contributed by atoms with E-state index in [1.54, 1.807) is 25.3 Å². The van der Waals surface area contributed by atoms with E-state index in [-0.39, 0.29) is 11.3 Å². The number of amides is 1. The third-order valence-electron chi connectivity index (χ3n) is 2.27. The van der Waals surface area contributed by atoms with Crippen LogP contribution in [-0.4, -0.2) is 19.6 Å². The average Bonchev–Trinajstić information content (AvgIpc) is 2.24. The minimum atomic E-state index is -0.116. The van der Waals surface area contributed by atoms with Gasteiger partial charge >= 0.3 is 0 Å². The van der Waals surface area contributed by atoms with Gasteiger partial charge in [0.25, 0.3) is 5.91 Å². The van der Waals surface area contributed by atoms with Crippen molar-refractivity contribution in [2.45, 2.75) is 20.8 Å². The van der Waals surface area contributed by atoms with Crippen molar-refractivity contribution in [1.29, 1.82) is 0 Å². The van der Waals surface area contributed by atoms with Crippen LogP contribution in [0.3, 0.4) is 0 Å². The number of hydrogen-bond donors (Lipinski definition) is 2. The fourth-order valence-electron chi connectivity index (χ4n) is 1.32. The number of rotatable bonds is 3. The molecule has 1 rings (SSSR count). The molecule has 0 aromatic heterocycles. The first-order valence-corrected chi connectivity index (χ1v) is 5.55. The number of nitrogens with one attached hydrogen (secondary N) is 1. The summed E-state index contributed by atoms with van der Waals surface area (Å²) < 4.78 is 5.04. The lowest BCUT2D eigenvalue weighted by Gasteiger charge is -2.18. The Morgan fingerprint density at radius 3 is 2.53 bits per heavy atom. The van der Waals surface area contributed by atoms with E-state index in [4.69, 9.17) is 10.5 Å². The third-order valence-corrected chi connectivity index (χ3v) is 2.27. The fourth-order valence-corrected chi connectivity index (χ4v) is 1.32. The van der Waals surface area contributed by atoms with Gasteiger partial charge in [-0.25, -0.2) is 0 Å². The lowest BCUT2D eigenvalue weighted by Crippen LogP contribution is -2.32. The molecule has 4 nitrogen and oxygen atoms in total. The van der Waals surface area contributed by atoms with Crippen LogP contribution in [0.25, 0.3) is 0 Å². The van der Waals surface area contributed by atoms with E-state index in [2.05, 4.69) is 26.1 Å². The van der Waals surface area contributed by atoms with Crippen molar-refractivity contribution in [2.75, 3.05) is 19.4 Å². The second-order valence-corrected chi connectivity index (χ2v) is 5.20. The van der Waals surface area contributed by atoms with Crippen LogP contribution >= 0.6 is 0 Å². The van der Waals surface area contributed by atoms with Crippen molar-refractivity contribution in [3.05, 3.63) is 23.8 Å². The standard InChI is InChI=1S/C13H20N2O2/c1-13(2,3)8-15-12(16)9-5-6-11(17-4)10(14)7-9/h5-7H,8,14H2,1-4H3,(H,15,16). The minimum Gasteiger partial charge on any atom is -0.495 e. The Hall–Kier alpha value is -1.71. The Kier molecular flexibility index (Phi) is 3.99. The summed E-state index contributed by atoms with van der Waals surface area (Å²) in [6, 6.07) is 5.02. The molecule has 3 N–H and O–H groups in total. The van der Waals surface area contributed by atoms with Gasteiger partial charge in [-0.1, -0.05) is 20.8 Å². The molecule has 0 spiro atoms. The third kappa shape index (κ3) is 3.98. The molecule has 0 atom stereocenters. The second-order valence-electron chi connectivity index (χ2n) is 5.20. The van der Waals surface area contributed by atoms with Crippen LogP contribution in [0.2, 0.25) is 0 Å². The summed E-state index contributed by atoms with van der Waals surface area (Å²) in [6.07, 6.45) is 0. The number of carbonyl (C=O) groups excluding carboxylic acids is 1. The molecule has 0 bridgehead atoms. The maximum atomic E-state index is 11.8. The van der Waals surface area contributed by atoms with E-state index in [0.29, 0.717) is 23.5 Å². The zero-order chi connectivity index (χ0) is 13.1. The summed E-state index contributed by atoms with van der Waals surface area (Å²) >= 11 is 0. The summed E-state index contributed by atoms with van der Waals surface area (Å²) in [5.74, 6) is 0.464. The second kappa shape index (κ2) is 5.08. The van der Waals surface area contributed by atoms with E-state index in [1.807, 2.05) is 0 Å². The van der Waals surface area contributed by atoms with Gasteiger partial charge in [-0.15, -0.1) is 0 Å². The van der Waals surface area contributed by atoms with E-state index in [1.165, 1.54) is 0 Å². The number of anilines is 1. The number of nitrogens with two attached hydrogens (primary N) is 1. The number of hydrogen-bond acceptors (Lipinski definition) is 3. The smallest absolute Gasteiger partial charge is 0.251 e. The zero-order valence-corrected chi connectivity index (χ0v) is 10.8. The fraction of sp³-hybridized carbons (Fsp3) is 0.462. The summed E-state index contributed by atoms with van der Waals surface area (Å²) in [6.45, 7) is 6.82. The number of ether oxygens (including phenoxy) is 1. The molecule has 0 radical (unpaired) electrons. The molecule has 0 aliphatic carbocycles. The monoisotopic (exact) mass is 236 g/mol. The SMILES string of the molecule is COc1ccc(C(=O)NCC(C)(C)C)cc1N. The average molecular weight is 236 g/mol. The summed E-state index contributed by atoms with van der Waals surface area (Å²) in [5.41, 5.74) is 6.83. The largest absolute Gasteiger partial charge is 0.495 e. The molecular weight excluding hydrogens is 216 g/mol. The number of carbonyl (C=O) groups is 1. The van der Waals surface area contributed by atoms with Crippen LogP contribution in [0.15, 0.2) is 18.2 Å². The van der Waals surface area contributed by atoms with E-state index < -0.39 is 0 Å². The molecule has 0 aliphatic heterocycles. The van der Waals surface area contributed by atoms with Gasteiger partial charge in [-0.05, 0) is 23.6 Å². The molecule has 4 heteroatoms. The molecule has 0 aliphatic rings. The van der Waals surface area contributed by atoms with Crippen LogP contribution in [0, 0.1) is 5.41 Å². The zero-order valence-electron chi connectivity index (χ0n) is 10.8. The van der Waals surface area contributed by atoms with Crippen molar-refractivity contribution in [1.82, 2.24) is 5.32 Å². The highest BCUT2D eigenvalue weighted by Crippen LogP contribution is 2.22. The Morgan fingerprint density at radius 1 is 1.41 bits per heavy atom. The van der Waals surface area contributed by atoms with Crippen molar-refractivity contribution >= 4 is 11.6 Å². The van der Waals surface area contributed by atoms with Crippen molar-refractivity contribution < 1.29 is 9.53 Å². The van der Waals surface area contributed by atoms with Crippen molar-refractivity contribution in [3.8, 4) is 5.75 Å². The van der Waals surface area contributed by atoms with E-state index in [0.717, 1.165) is 0 Å². The molecule has 1 aromatic carbocycles. The predicted octanol–water partition coefficient (Wildman–Crippen LogP) is 2.05. The summed E-state index contributed by atoms with van der Waals surface area (Å²) in [5, 5.41) is 2.87. The van der Waals surface area contributed by atoms with Gasteiger partial charge in [0, 0.05) is 12.1 Å². The van der Waals surface area contributed by atoms with Crippen LogP contribution < -0.4 is 15.8 Å². The van der Waals surface area contributed by atoms with Gasteiger partial charge in [0.05, 0.1) is 12.8 Å². The maximum Gasteiger partial charge on any atom is 0.251 e. The van der Waals surface area contributed by atoms with Crippen LogP contribution in [0.4, 0.5) is 5.69 Å². The lowest BCUT2D eigenvalue weighted by atomic mass is 9.97. The Labute approximate surface area is 102 Å².